The number of amides is 1. The third-order valence-electron chi connectivity index (χ3n) is 6.26. The molecule has 2 heterocycles. The highest BCUT2D eigenvalue weighted by Gasteiger charge is 2.54. The molecule has 6 nitrogen and oxygen atoms in total. The number of carbonyl (C=O) groups excluding carboxylic acids is 1. The van der Waals surface area contributed by atoms with Crippen LogP contribution in [-0.2, 0) is 14.8 Å². The molecule has 28 heavy (non-hydrogen) atoms. The third-order valence-corrected chi connectivity index (χ3v) is 7.48. The lowest BCUT2D eigenvalue weighted by Gasteiger charge is -2.58. The fourth-order valence-electron chi connectivity index (χ4n) is 4.77. The Balaban J connectivity index is 1.53. The van der Waals surface area contributed by atoms with E-state index in [0.29, 0.717) is 5.92 Å². The van der Waals surface area contributed by atoms with Crippen LogP contribution in [0.3, 0.4) is 0 Å². The van der Waals surface area contributed by atoms with Gasteiger partial charge < -0.3 is 10.0 Å². The highest BCUT2D eigenvalue weighted by Crippen LogP contribution is 2.43. The first kappa shape index (κ1) is 19.4. The van der Waals surface area contributed by atoms with Crippen molar-refractivity contribution in [1.82, 2.24) is 9.21 Å². The van der Waals surface area contributed by atoms with Gasteiger partial charge >= 0.3 is 0 Å². The van der Waals surface area contributed by atoms with Gasteiger partial charge in [0.05, 0.1) is 31.5 Å². The van der Waals surface area contributed by atoms with Gasteiger partial charge in [-0.2, -0.15) is 4.31 Å². The second-order valence-electron chi connectivity index (χ2n) is 8.07. The smallest absolute Gasteiger partial charge is 0.238 e. The second-order valence-corrected chi connectivity index (χ2v) is 10.1. The number of aliphatic hydroxyl groups is 1. The number of hydrogen-bond donors (Lipinski definition) is 1. The number of carbonyl (C=O) groups is 1. The molecule has 0 unspecified atom stereocenters. The molecule has 0 radical (unpaired) electrons. The Bertz CT molecular complexity index is 910. The van der Waals surface area contributed by atoms with Crippen LogP contribution in [0.15, 0.2) is 24.3 Å². The lowest BCUT2D eigenvalue weighted by atomic mass is 9.74. The summed E-state index contributed by atoms with van der Waals surface area (Å²) in [7, 11) is -3.43. The van der Waals surface area contributed by atoms with Gasteiger partial charge in [0.15, 0.2) is 0 Å². The van der Waals surface area contributed by atoms with Crippen LogP contribution in [-0.4, -0.2) is 66.7 Å². The molecule has 1 aliphatic carbocycles. The highest BCUT2D eigenvalue weighted by molar-refractivity contribution is 7.88. The number of benzene rings is 1. The van der Waals surface area contributed by atoms with Crippen LogP contribution in [0.25, 0.3) is 0 Å². The number of piperazine rings is 1. The van der Waals surface area contributed by atoms with Crippen LogP contribution in [0.5, 0.6) is 0 Å². The summed E-state index contributed by atoms with van der Waals surface area (Å²) in [6.45, 7) is -0.00174. The number of rotatable bonds is 3. The van der Waals surface area contributed by atoms with E-state index in [-0.39, 0.29) is 43.6 Å². The van der Waals surface area contributed by atoms with Crippen molar-refractivity contribution in [3.63, 3.8) is 0 Å². The zero-order chi connectivity index (χ0) is 19.9. The van der Waals surface area contributed by atoms with Crippen molar-refractivity contribution in [1.29, 1.82) is 0 Å². The van der Waals surface area contributed by atoms with Gasteiger partial charge in [-0.15, -0.1) is 0 Å². The predicted molar refractivity (Wildman–Crippen MR) is 106 cm³/mol. The van der Waals surface area contributed by atoms with Gasteiger partial charge in [0.1, 0.15) is 0 Å². The van der Waals surface area contributed by atoms with Crippen molar-refractivity contribution in [2.75, 3.05) is 26.0 Å². The first-order chi connectivity index (χ1) is 13.4. The average molecular weight is 403 g/mol. The molecule has 0 spiro atoms. The standard InChI is InChI=1S/C21H26N2O4S/c1-28(26,27)22-12-18-21(19(14-24)23(18)20(25)13-22)17-10-8-16(9-11-17)7-6-15-4-2-3-5-15/h8-11,15,18-19,21,24H,2-5,12-14H2,1H3/t18-,19+,21-/m0/s1. The summed E-state index contributed by atoms with van der Waals surface area (Å²) in [5.41, 5.74) is 1.97. The molecule has 4 rings (SSSR count). The lowest BCUT2D eigenvalue weighted by molar-refractivity contribution is -0.158. The molecule has 3 atom stereocenters. The van der Waals surface area contributed by atoms with E-state index in [9.17, 15) is 18.3 Å². The van der Waals surface area contributed by atoms with Crippen LogP contribution >= 0.6 is 0 Å². The number of nitrogens with zero attached hydrogens (tertiary/aromatic N) is 2. The molecular weight excluding hydrogens is 376 g/mol. The Morgan fingerprint density at radius 2 is 1.86 bits per heavy atom. The topological polar surface area (TPSA) is 77.9 Å². The SMILES string of the molecule is CS(=O)(=O)N1CC(=O)N2[C@H](CO)[C@@H](c3ccc(C#CC4CCCC4)cc3)[C@@H]2C1. The summed E-state index contributed by atoms with van der Waals surface area (Å²) in [6.07, 6.45) is 6.04. The van der Waals surface area contributed by atoms with Crippen molar-refractivity contribution in [2.24, 2.45) is 5.92 Å². The summed E-state index contributed by atoms with van der Waals surface area (Å²) >= 11 is 0. The molecule has 0 aromatic heterocycles. The Kier molecular flexibility index (Phi) is 5.21. The van der Waals surface area contributed by atoms with Gasteiger partial charge in [-0.3, -0.25) is 4.79 Å². The molecule has 2 aliphatic heterocycles. The van der Waals surface area contributed by atoms with Crippen LogP contribution in [0.4, 0.5) is 0 Å². The fourth-order valence-corrected chi connectivity index (χ4v) is 5.54. The maximum atomic E-state index is 12.4. The number of fused-ring (bicyclic) bond motifs is 1. The minimum Gasteiger partial charge on any atom is -0.394 e. The van der Waals surface area contributed by atoms with Gasteiger partial charge in [0.2, 0.25) is 15.9 Å². The van der Waals surface area contributed by atoms with E-state index in [4.69, 9.17) is 0 Å². The lowest BCUT2D eigenvalue weighted by Crippen LogP contribution is -2.73. The molecule has 1 aromatic rings. The Morgan fingerprint density at radius 1 is 1.18 bits per heavy atom. The molecule has 1 N–H and O–H groups in total. The van der Waals surface area contributed by atoms with Gasteiger partial charge in [-0.1, -0.05) is 36.8 Å². The Hall–Kier alpha value is -1.88. The zero-order valence-electron chi connectivity index (χ0n) is 16.0. The summed E-state index contributed by atoms with van der Waals surface area (Å²) in [4.78, 5) is 14.1. The van der Waals surface area contributed by atoms with E-state index in [1.807, 2.05) is 24.3 Å². The maximum Gasteiger partial charge on any atom is 0.238 e. The van der Waals surface area contributed by atoms with E-state index < -0.39 is 10.0 Å². The number of sulfonamides is 1. The van der Waals surface area contributed by atoms with Crippen molar-refractivity contribution in [2.45, 2.75) is 43.7 Å². The molecule has 150 valence electrons. The van der Waals surface area contributed by atoms with Gasteiger partial charge in [-0.05, 0) is 30.5 Å². The van der Waals surface area contributed by atoms with E-state index in [1.165, 1.54) is 30.0 Å². The molecule has 2 saturated heterocycles. The number of hydrogen-bond acceptors (Lipinski definition) is 4. The molecular formula is C21H26N2O4S. The van der Waals surface area contributed by atoms with Crippen molar-refractivity contribution in [3.05, 3.63) is 35.4 Å². The van der Waals surface area contributed by atoms with E-state index >= 15 is 0 Å². The largest absolute Gasteiger partial charge is 0.394 e. The van der Waals surface area contributed by atoms with Crippen molar-refractivity contribution < 1.29 is 18.3 Å². The van der Waals surface area contributed by atoms with Crippen LogP contribution in [0.2, 0.25) is 0 Å². The normalized spacial score (nSPS) is 28.4. The van der Waals surface area contributed by atoms with E-state index in [0.717, 1.165) is 17.4 Å². The summed E-state index contributed by atoms with van der Waals surface area (Å²) < 4.78 is 25.1. The predicted octanol–water partition coefficient (Wildman–Crippen LogP) is 1.16. The Labute approximate surface area is 166 Å². The first-order valence-electron chi connectivity index (χ1n) is 9.87. The molecule has 3 aliphatic rings. The first-order valence-corrected chi connectivity index (χ1v) is 11.7. The molecule has 1 aromatic carbocycles. The van der Waals surface area contributed by atoms with Crippen LogP contribution < -0.4 is 0 Å². The third kappa shape index (κ3) is 3.57. The van der Waals surface area contributed by atoms with Crippen molar-refractivity contribution in [3.8, 4) is 11.8 Å². The van der Waals surface area contributed by atoms with Gasteiger partial charge in [-0.25, -0.2) is 8.42 Å². The minimum atomic E-state index is -3.43. The van der Waals surface area contributed by atoms with E-state index in [2.05, 4.69) is 11.8 Å². The number of aliphatic hydroxyl groups excluding tert-OH is 1. The molecule has 7 heteroatoms. The van der Waals surface area contributed by atoms with Gasteiger partial charge in [0.25, 0.3) is 0 Å². The van der Waals surface area contributed by atoms with Crippen LogP contribution in [0, 0.1) is 17.8 Å². The van der Waals surface area contributed by atoms with Gasteiger partial charge in [0, 0.05) is 23.9 Å². The Morgan fingerprint density at radius 3 is 2.46 bits per heavy atom. The van der Waals surface area contributed by atoms with E-state index in [1.54, 1.807) is 4.90 Å². The molecule has 0 bridgehead atoms. The quantitative estimate of drug-likeness (QED) is 0.770. The highest BCUT2D eigenvalue weighted by atomic mass is 32.2. The minimum absolute atomic E-state index is 0.0738. The second kappa shape index (κ2) is 7.51. The maximum absolute atomic E-state index is 12.4. The molecule has 1 saturated carbocycles. The summed E-state index contributed by atoms with van der Waals surface area (Å²) in [6, 6.07) is 7.42. The summed E-state index contributed by atoms with van der Waals surface area (Å²) in [5, 5.41) is 9.81. The average Bonchev–Trinajstić information content (AvgIpc) is 3.15. The zero-order valence-corrected chi connectivity index (χ0v) is 16.9. The fraction of sp³-hybridized carbons (Fsp3) is 0.571. The van der Waals surface area contributed by atoms with Crippen molar-refractivity contribution >= 4 is 15.9 Å². The summed E-state index contributed by atoms with van der Waals surface area (Å²) in [5.74, 6) is 6.80. The van der Waals surface area contributed by atoms with Crippen LogP contribution in [0.1, 0.15) is 42.7 Å². The molecule has 3 fully saturated rings. The monoisotopic (exact) mass is 402 g/mol. The molecule has 1 amide bonds.